The molecule has 2 N–H and O–H groups in total. The summed E-state index contributed by atoms with van der Waals surface area (Å²) in [5.74, 6) is -0.790. The molecule has 0 atom stereocenters. The Morgan fingerprint density at radius 1 is 1.62 bits per heavy atom. The largest absolute Gasteiger partial charge is 0.370 e. The van der Waals surface area contributed by atoms with Crippen molar-refractivity contribution in [2.75, 3.05) is 13.1 Å². The van der Waals surface area contributed by atoms with Crippen LogP contribution in [-0.4, -0.2) is 29.8 Å². The van der Waals surface area contributed by atoms with Crippen LogP contribution in [0.1, 0.15) is 6.42 Å². The highest BCUT2D eigenvalue weighted by atomic mass is 16.2. The second-order valence-corrected chi connectivity index (χ2v) is 2.94. The van der Waals surface area contributed by atoms with Crippen LogP contribution in [0.5, 0.6) is 0 Å². The smallest absolute Gasteiger partial charge is 0.227 e. The second kappa shape index (κ2) is 3.90. The van der Waals surface area contributed by atoms with Gasteiger partial charge in [0.2, 0.25) is 11.8 Å². The van der Waals surface area contributed by atoms with Gasteiger partial charge < -0.3 is 10.6 Å². The topological polar surface area (TPSA) is 87.2 Å². The van der Waals surface area contributed by atoms with Crippen molar-refractivity contribution in [1.82, 2.24) is 4.90 Å². The van der Waals surface area contributed by atoms with Crippen LogP contribution in [0.25, 0.3) is 0 Å². The Hall–Kier alpha value is -1.57. The van der Waals surface area contributed by atoms with Crippen LogP contribution in [0.15, 0.2) is 0 Å². The van der Waals surface area contributed by atoms with Gasteiger partial charge in [0.15, 0.2) is 0 Å². The predicted octanol–water partition coefficient (Wildman–Crippen LogP) is -0.952. The van der Waals surface area contributed by atoms with E-state index in [1.54, 1.807) is 0 Å². The van der Waals surface area contributed by atoms with Crippen LogP contribution >= 0.6 is 0 Å². The molecule has 0 aliphatic carbocycles. The number of primary amides is 1. The van der Waals surface area contributed by atoms with Crippen LogP contribution in [0, 0.1) is 23.7 Å². The highest BCUT2D eigenvalue weighted by molar-refractivity contribution is 5.90. The lowest BCUT2D eigenvalue weighted by molar-refractivity contribution is -0.133. The molecule has 0 aromatic heterocycles. The maximum Gasteiger partial charge on any atom is 0.227 e. The van der Waals surface area contributed by atoms with Crippen LogP contribution in [0.4, 0.5) is 0 Å². The number of amides is 2. The maximum atomic E-state index is 11.1. The monoisotopic (exact) mass is 180 g/mol. The highest BCUT2D eigenvalue weighted by Crippen LogP contribution is 2.15. The first-order valence-electron chi connectivity index (χ1n) is 3.93. The number of carbonyl (C=O) groups excluding carboxylic acids is 2. The molecule has 1 radical (unpaired) electrons. The zero-order chi connectivity index (χ0) is 9.84. The first-order chi connectivity index (χ1) is 6.13. The van der Waals surface area contributed by atoms with Crippen molar-refractivity contribution in [3.05, 3.63) is 6.42 Å². The summed E-state index contributed by atoms with van der Waals surface area (Å²) in [7, 11) is 0. The molecule has 0 spiro atoms. The van der Waals surface area contributed by atoms with Crippen LogP contribution in [0.2, 0.25) is 0 Å². The summed E-state index contributed by atoms with van der Waals surface area (Å²) in [5, 5.41) is 8.43. The molecule has 1 saturated heterocycles. The van der Waals surface area contributed by atoms with Crippen molar-refractivity contribution in [1.29, 1.82) is 5.26 Å². The number of carbonyl (C=O) groups is 2. The average Bonchev–Trinajstić information content (AvgIpc) is 1.99. The predicted molar refractivity (Wildman–Crippen MR) is 43.8 cm³/mol. The number of nitriles is 1. The molecular weight excluding hydrogens is 170 g/mol. The zero-order valence-electron chi connectivity index (χ0n) is 7.06. The summed E-state index contributed by atoms with van der Waals surface area (Å²) < 4.78 is 0. The van der Waals surface area contributed by atoms with Crippen molar-refractivity contribution >= 4 is 11.8 Å². The van der Waals surface area contributed by atoms with Crippen LogP contribution in [-0.2, 0) is 9.59 Å². The molecule has 1 heterocycles. The maximum absolute atomic E-state index is 11.1. The van der Waals surface area contributed by atoms with E-state index < -0.39 is 5.91 Å². The molecule has 1 rings (SSSR count). The van der Waals surface area contributed by atoms with Gasteiger partial charge in [-0.25, -0.2) is 0 Å². The number of nitrogens with two attached hydrogens (primary N) is 1. The van der Waals surface area contributed by atoms with Gasteiger partial charge in [-0.1, -0.05) is 0 Å². The van der Waals surface area contributed by atoms with Gasteiger partial charge in [0.05, 0.1) is 18.4 Å². The average molecular weight is 180 g/mol. The summed E-state index contributed by atoms with van der Waals surface area (Å²) in [4.78, 5) is 23.0. The third-order valence-electron chi connectivity index (χ3n) is 1.85. The third-order valence-corrected chi connectivity index (χ3v) is 1.85. The van der Waals surface area contributed by atoms with Crippen molar-refractivity contribution in [3.63, 3.8) is 0 Å². The minimum absolute atomic E-state index is 0.0352. The summed E-state index contributed by atoms with van der Waals surface area (Å²) >= 11 is 0. The SMILES string of the molecule is N#CC1CN(C(=O)[CH]CC(N)=O)C1. The molecule has 0 aromatic carbocycles. The molecule has 0 unspecified atom stereocenters. The molecule has 1 fully saturated rings. The number of likely N-dealkylation sites (tertiary alicyclic amines) is 1. The molecule has 0 bridgehead atoms. The van der Waals surface area contributed by atoms with Gasteiger partial charge in [-0.15, -0.1) is 0 Å². The molecule has 0 aromatic rings. The lowest BCUT2D eigenvalue weighted by Crippen LogP contribution is -2.49. The highest BCUT2D eigenvalue weighted by Gasteiger charge is 2.30. The van der Waals surface area contributed by atoms with Crippen LogP contribution in [0.3, 0.4) is 0 Å². The molecular formula is C8H10N3O2. The zero-order valence-corrected chi connectivity index (χ0v) is 7.06. The number of rotatable bonds is 3. The Morgan fingerprint density at radius 3 is 2.69 bits per heavy atom. The van der Waals surface area contributed by atoms with E-state index in [1.165, 1.54) is 11.3 Å². The van der Waals surface area contributed by atoms with E-state index in [4.69, 9.17) is 11.0 Å². The fourth-order valence-corrected chi connectivity index (χ4v) is 1.06. The minimum atomic E-state index is -0.522. The van der Waals surface area contributed by atoms with Crippen molar-refractivity contribution in [3.8, 4) is 6.07 Å². The third kappa shape index (κ3) is 2.44. The minimum Gasteiger partial charge on any atom is -0.370 e. The molecule has 0 saturated carbocycles. The van der Waals surface area contributed by atoms with E-state index in [0.717, 1.165) is 0 Å². The first kappa shape index (κ1) is 9.52. The van der Waals surface area contributed by atoms with E-state index in [2.05, 4.69) is 6.07 Å². The fourth-order valence-electron chi connectivity index (χ4n) is 1.06. The molecule has 1 aliphatic heterocycles. The number of hydrogen-bond acceptors (Lipinski definition) is 3. The van der Waals surface area contributed by atoms with Gasteiger partial charge in [-0.2, -0.15) is 5.26 Å². The normalized spacial score (nSPS) is 16.1. The Balaban J connectivity index is 2.20. The van der Waals surface area contributed by atoms with E-state index in [1.807, 2.05) is 0 Å². The summed E-state index contributed by atoms with van der Waals surface area (Å²) in [5.41, 5.74) is 4.86. The first-order valence-corrected chi connectivity index (χ1v) is 3.93. The summed E-state index contributed by atoms with van der Waals surface area (Å²) in [6.45, 7) is 0.926. The number of nitrogens with zero attached hydrogens (tertiary/aromatic N) is 2. The van der Waals surface area contributed by atoms with E-state index in [0.29, 0.717) is 13.1 Å². The molecule has 5 nitrogen and oxygen atoms in total. The standard InChI is InChI=1S/C8H10N3O2/c9-3-6-4-11(5-6)8(13)2-1-7(10)12/h2,6H,1,4-5H2,(H2,10,12). The van der Waals surface area contributed by atoms with Crippen molar-refractivity contribution in [2.45, 2.75) is 6.42 Å². The summed E-state index contributed by atoms with van der Waals surface area (Å²) in [6.07, 6.45) is 1.21. The van der Waals surface area contributed by atoms with Gasteiger partial charge in [-0.05, 0) is 0 Å². The second-order valence-electron chi connectivity index (χ2n) is 2.94. The lowest BCUT2D eigenvalue weighted by atomic mass is 10.0. The lowest BCUT2D eigenvalue weighted by Gasteiger charge is -2.35. The fraction of sp³-hybridized carbons (Fsp3) is 0.500. The Bertz CT molecular complexity index is 263. The van der Waals surface area contributed by atoms with Crippen molar-refractivity contribution in [2.24, 2.45) is 11.7 Å². The summed E-state index contributed by atoms with van der Waals surface area (Å²) in [6, 6.07) is 2.05. The van der Waals surface area contributed by atoms with Gasteiger partial charge in [0, 0.05) is 19.5 Å². The van der Waals surface area contributed by atoms with Gasteiger partial charge in [-0.3, -0.25) is 9.59 Å². The van der Waals surface area contributed by atoms with E-state index >= 15 is 0 Å². The Morgan fingerprint density at radius 2 is 2.23 bits per heavy atom. The Kier molecular flexibility index (Phi) is 2.85. The van der Waals surface area contributed by atoms with Gasteiger partial charge in [0.1, 0.15) is 0 Å². The molecule has 69 valence electrons. The number of hydrogen-bond donors (Lipinski definition) is 1. The molecule has 5 heteroatoms. The molecule has 13 heavy (non-hydrogen) atoms. The van der Waals surface area contributed by atoms with E-state index in [9.17, 15) is 9.59 Å². The molecule has 1 aliphatic rings. The quantitative estimate of drug-likeness (QED) is 0.607. The van der Waals surface area contributed by atoms with E-state index in [-0.39, 0.29) is 18.2 Å². The molecule has 2 amide bonds. The van der Waals surface area contributed by atoms with Gasteiger partial charge in [0.25, 0.3) is 0 Å². The van der Waals surface area contributed by atoms with Crippen LogP contribution < -0.4 is 5.73 Å². The van der Waals surface area contributed by atoms with Gasteiger partial charge >= 0.3 is 0 Å². The Labute approximate surface area is 76.1 Å². The van der Waals surface area contributed by atoms with Crippen molar-refractivity contribution < 1.29 is 9.59 Å².